The van der Waals surface area contributed by atoms with Crippen molar-refractivity contribution in [2.24, 2.45) is 28.4 Å². The van der Waals surface area contributed by atoms with E-state index in [1.54, 1.807) is 13.2 Å². The third-order valence-corrected chi connectivity index (χ3v) is 12.3. The van der Waals surface area contributed by atoms with Crippen LogP contribution in [0.5, 0.6) is 11.5 Å². The highest BCUT2D eigenvalue weighted by atomic mass is 16.6. The summed E-state index contributed by atoms with van der Waals surface area (Å²) in [6, 6.07) is 3.01. The number of hydrogen-bond donors (Lipinski definition) is 4. The van der Waals surface area contributed by atoms with E-state index in [4.69, 9.17) is 20.3 Å². The summed E-state index contributed by atoms with van der Waals surface area (Å²) in [5.74, 6) is 0.0999. The molecule has 4 bridgehead atoms. The molecule has 1 amide bonds. The molecule has 9 atom stereocenters. The van der Waals surface area contributed by atoms with E-state index in [1.165, 1.54) is 30.5 Å². The van der Waals surface area contributed by atoms with Gasteiger partial charge in [-0.2, -0.15) is 0 Å². The number of nitrogens with two attached hydrogens (primary N) is 1. The van der Waals surface area contributed by atoms with E-state index in [0.717, 1.165) is 44.6 Å². The largest absolute Gasteiger partial charge is 0.504 e. The average molecular weight is 538 g/mol. The molecule has 0 radical (unpaired) electrons. The van der Waals surface area contributed by atoms with Gasteiger partial charge in [0.1, 0.15) is 11.7 Å². The van der Waals surface area contributed by atoms with Crippen molar-refractivity contribution in [3.8, 4) is 11.5 Å². The van der Waals surface area contributed by atoms with E-state index in [2.05, 4.69) is 16.3 Å². The number of carboxylic acids is 1. The number of nitrogens with zero attached hydrogens (tertiary/aromatic N) is 1. The van der Waals surface area contributed by atoms with E-state index < -0.39 is 29.9 Å². The van der Waals surface area contributed by atoms with Crippen molar-refractivity contribution in [2.45, 2.75) is 93.5 Å². The van der Waals surface area contributed by atoms with Crippen LogP contribution in [0.4, 0.5) is 0 Å². The lowest BCUT2D eigenvalue weighted by molar-refractivity contribution is -0.256. The standard InChI is InChI=1S/C30H39N3O6/c1-15(32-24(37)19(31)9-21(35)36)18-11-28-7-8-30(18,38-2)26-29(28)13-27(14-33(25(27)28)12-16-3-4-16)10-17-5-6-20(34)23(39-26)22(17)29/h5-6,15-16,18-19,25-26,34H,3-4,7-14,31H2,1-2H3,(H,32,37)(H,35,36). The molecule has 9 nitrogen and oxygen atoms in total. The Morgan fingerprint density at radius 3 is 2.82 bits per heavy atom. The predicted octanol–water partition coefficient (Wildman–Crippen LogP) is 1.92. The summed E-state index contributed by atoms with van der Waals surface area (Å²) in [4.78, 5) is 26.9. The predicted molar refractivity (Wildman–Crippen MR) is 140 cm³/mol. The number of carbonyl (C=O) groups excluding carboxylic acids is 1. The number of carbonyl (C=O) groups is 2. The SMILES string of the molecule is COC12CCC3(CC1C(C)NC(=O)C(N)CC(=O)O)C1N(CC4CC4)CC14Cc1ccc(O)c5c1C3(C4)C2O5. The average Bonchev–Trinajstić information content (AvgIpc) is 3.59. The summed E-state index contributed by atoms with van der Waals surface area (Å²) >= 11 is 0. The van der Waals surface area contributed by atoms with Crippen molar-refractivity contribution in [3.63, 3.8) is 0 Å². The fourth-order valence-corrected chi connectivity index (χ4v) is 11.2. The van der Waals surface area contributed by atoms with Gasteiger partial charge in [-0.3, -0.25) is 14.5 Å². The molecule has 2 aliphatic heterocycles. The quantitative estimate of drug-likeness (QED) is 0.395. The molecule has 8 aliphatic rings. The molecule has 2 heterocycles. The lowest BCUT2D eigenvalue weighted by Crippen LogP contribution is -2.78. The Hall–Kier alpha value is -2.36. The number of nitrogens with one attached hydrogen (secondary N) is 1. The van der Waals surface area contributed by atoms with Crippen molar-refractivity contribution in [1.82, 2.24) is 10.2 Å². The number of hydrogen-bond acceptors (Lipinski definition) is 7. The molecule has 210 valence electrons. The zero-order valence-electron chi connectivity index (χ0n) is 22.7. The monoisotopic (exact) mass is 537 g/mol. The van der Waals surface area contributed by atoms with Crippen LogP contribution >= 0.6 is 0 Å². The number of carboxylic acid groups (broad SMARTS) is 1. The van der Waals surface area contributed by atoms with E-state index in [-0.39, 0.29) is 40.1 Å². The minimum Gasteiger partial charge on any atom is -0.504 e. The lowest BCUT2D eigenvalue weighted by Gasteiger charge is -2.69. The molecule has 6 fully saturated rings. The van der Waals surface area contributed by atoms with Crippen LogP contribution in [-0.4, -0.2) is 77.0 Å². The smallest absolute Gasteiger partial charge is 0.305 e. The number of ether oxygens (including phenoxy) is 2. The third-order valence-electron chi connectivity index (χ3n) is 12.3. The van der Waals surface area contributed by atoms with E-state index in [0.29, 0.717) is 11.8 Å². The Balaban J connectivity index is 1.24. The maximum Gasteiger partial charge on any atom is 0.305 e. The lowest BCUT2D eigenvalue weighted by atomic mass is 9.40. The molecule has 9 rings (SSSR count). The highest BCUT2D eigenvalue weighted by Crippen LogP contribution is 2.84. The summed E-state index contributed by atoms with van der Waals surface area (Å²) in [6.07, 6.45) is 6.87. The van der Waals surface area contributed by atoms with Gasteiger partial charge >= 0.3 is 5.97 Å². The first kappa shape index (κ1) is 24.4. The molecule has 9 unspecified atom stereocenters. The van der Waals surface area contributed by atoms with E-state index >= 15 is 0 Å². The number of phenolic OH excluding ortho intramolecular Hbond substituents is 1. The normalized spacial score (nSPS) is 43.6. The Morgan fingerprint density at radius 2 is 2.10 bits per heavy atom. The van der Waals surface area contributed by atoms with Crippen molar-refractivity contribution in [1.29, 1.82) is 0 Å². The molecule has 1 aromatic carbocycles. The van der Waals surface area contributed by atoms with Gasteiger partial charge in [-0.05, 0) is 69.4 Å². The van der Waals surface area contributed by atoms with Crippen molar-refractivity contribution in [2.75, 3.05) is 20.2 Å². The Kier molecular flexibility index (Phi) is 4.68. The second-order valence-electron chi connectivity index (χ2n) is 14.0. The van der Waals surface area contributed by atoms with Gasteiger partial charge in [0.15, 0.2) is 11.5 Å². The number of aliphatic carboxylic acids is 1. The highest BCUT2D eigenvalue weighted by Gasteiger charge is 2.88. The van der Waals surface area contributed by atoms with Crippen molar-refractivity contribution in [3.05, 3.63) is 23.3 Å². The maximum atomic E-state index is 13.0. The highest BCUT2D eigenvalue weighted by molar-refractivity contribution is 5.86. The zero-order chi connectivity index (χ0) is 27.1. The van der Waals surface area contributed by atoms with E-state index in [9.17, 15) is 14.7 Å². The van der Waals surface area contributed by atoms with Gasteiger partial charge in [-0.1, -0.05) is 6.07 Å². The molecule has 1 aromatic rings. The molecule has 5 saturated carbocycles. The molecule has 5 N–H and O–H groups in total. The number of fused-ring (bicyclic) bond motifs is 2. The van der Waals surface area contributed by atoms with Crippen LogP contribution < -0.4 is 15.8 Å². The van der Waals surface area contributed by atoms with Gasteiger partial charge in [0.2, 0.25) is 5.91 Å². The fourth-order valence-electron chi connectivity index (χ4n) is 11.2. The molecular formula is C30H39N3O6. The Bertz CT molecular complexity index is 1300. The topological polar surface area (TPSA) is 134 Å². The summed E-state index contributed by atoms with van der Waals surface area (Å²) in [5, 5.41) is 23.3. The number of benzene rings is 1. The number of amides is 1. The van der Waals surface area contributed by atoms with Gasteiger partial charge < -0.3 is 30.7 Å². The van der Waals surface area contributed by atoms with Crippen LogP contribution in [0.1, 0.15) is 63.0 Å². The fraction of sp³-hybridized carbons (Fsp3) is 0.733. The minimum absolute atomic E-state index is 0.0347. The number of aromatic hydroxyl groups is 1. The van der Waals surface area contributed by atoms with Gasteiger partial charge in [-0.25, -0.2) is 0 Å². The van der Waals surface area contributed by atoms with Gasteiger partial charge in [0.25, 0.3) is 0 Å². The number of rotatable bonds is 8. The van der Waals surface area contributed by atoms with Crippen LogP contribution in [-0.2, 0) is 26.2 Å². The second-order valence-corrected chi connectivity index (χ2v) is 14.0. The van der Waals surface area contributed by atoms with Crippen LogP contribution in [0.3, 0.4) is 0 Å². The molecule has 1 saturated heterocycles. The van der Waals surface area contributed by atoms with Crippen molar-refractivity contribution < 1.29 is 29.3 Å². The first-order chi connectivity index (χ1) is 18.6. The molecule has 0 aromatic heterocycles. The molecule has 3 spiro atoms. The van der Waals surface area contributed by atoms with E-state index in [1.807, 2.05) is 6.92 Å². The number of methoxy groups -OCH3 is 1. The molecule has 39 heavy (non-hydrogen) atoms. The molecular weight excluding hydrogens is 498 g/mol. The first-order valence-corrected chi connectivity index (χ1v) is 14.7. The van der Waals surface area contributed by atoms with Crippen LogP contribution in [0.15, 0.2) is 12.1 Å². The van der Waals surface area contributed by atoms with Crippen molar-refractivity contribution >= 4 is 11.9 Å². The number of likely N-dealkylation sites (tertiary alicyclic amines) is 1. The van der Waals surface area contributed by atoms with Crippen LogP contribution in [0.2, 0.25) is 0 Å². The number of phenols is 1. The Morgan fingerprint density at radius 1 is 1.31 bits per heavy atom. The first-order valence-electron chi connectivity index (χ1n) is 14.7. The van der Waals surface area contributed by atoms with Crippen LogP contribution in [0.25, 0.3) is 0 Å². The van der Waals surface area contributed by atoms with Gasteiger partial charge in [0, 0.05) is 60.0 Å². The summed E-state index contributed by atoms with van der Waals surface area (Å²) in [6.45, 7) is 4.30. The summed E-state index contributed by atoms with van der Waals surface area (Å²) < 4.78 is 13.4. The third kappa shape index (κ3) is 2.73. The molecule has 6 aliphatic carbocycles. The van der Waals surface area contributed by atoms with Crippen LogP contribution in [0, 0.1) is 22.7 Å². The van der Waals surface area contributed by atoms with Gasteiger partial charge in [-0.15, -0.1) is 0 Å². The summed E-state index contributed by atoms with van der Waals surface area (Å²) in [7, 11) is 1.77. The minimum atomic E-state index is -1.10. The summed E-state index contributed by atoms with van der Waals surface area (Å²) in [5.41, 5.74) is 7.82. The Labute approximate surface area is 228 Å². The zero-order valence-corrected chi connectivity index (χ0v) is 22.7. The maximum absolute atomic E-state index is 13.0. The molecule has 9 heteroatoms. The van der Waals surface area contributed by atoms with Gasteiger partial charge in [0.05, 0.1) is 12.5 Å². The second kappa shape index (κ2) is 7.47.